The Morgan fingerprint density at radius 3 is 2.57 bits per heavy atom. The van der Waals surface area contributed by atoms with E-state index >= 15 is 0 Å². The fourth-order valence-corrected chi connectivity index (χ4v) is 7.92. The Labute approximate surface area is 94.4 Å². The zero-order valence-electron chi connectivity index (χ0n) is 9.16. The first-order valence-electron chi connectivity index (χ1n) is 5.55. The molecular weight excluding hydrogens is 279 g/mol. The first-order chi connectivity index (χ1) is 6.79. The summed E-state index contributed by atoms with van der Waals surface area (Å²) in [6.07, 6.45) is 3.44. The average Bonchev–Trinajstić information content (AvgIpc) is 2.25. The summed E-state index contributed by atoms with van der Waals surface area (Å²) in [5.41, 5.74) is 1.37. The summed E-state index contributed by atoms with van der Waals surface area (Å²) in [7, 11) is 0. The Bertz CT molecular complexity index is 273. The second-order valence-corrected chi connectivity index (χ2v) is 10.1. The number of benzene rings is 1. The molecule has 0 aliphatic carbocycles. The summed E-state index contributed by atoms with van der Waals surface area (Å²) >= 11 is -2.33. The average molecular weight is 299 g/mol. The van der Waals surface area contributed by atoms with Crippen molar-refractivity contribution in [2.75, 3.05) is 0 Å². The molecule has 1 unspecified atom stereocenters. The normalized spacial score (nSPS) is 12.8. The van der Waals surface area contributed by atoms with Crippen molar-refractivity contribution in [1.29, 1.82) is 0 Å². The van der Waals surface area contributed by atoms with Crippen LogP contribution in [0.2, 0.25) is 4.44 Å². The van der Waals surface area contributed by atoms with Crippen LogP contribution in [0.1, 0.15) is 32.3 Å². The topological polar surface area (TPSA) is 20.2 Å². The summed E-state index contributed by atoms with van der Waals surface area (Å²) in [6.45, 7) is 4.35. The minimum absolute atomic E-state index is 1.05. The zero-order chi connectivity index (χ0) is 10.4. The van der Waals surface area contributed by atoms with E-state index in [0.29, 0.717) is 0 Å². The molecule has 0 bridgehead atoms. The van der Waals surface area contributed by atoms with Gasteiger partial charge in [0.2, 0.25) is 0 Å². The summed E-state index contributed by atoms with van der Waals surface area (Å²) < 4.78 is 12.6. The molecule has 1 rings (SSSR count). The van der Waals surface area contributed by atoms with Gasteiger partial charge in [0.25, 0.3) is 0 Å². The molecule has 14 heavy (non-hydrogen) atoms. The van der Waals surface area contributed by atoms with E-state index in [1.807, 2.05) is 0 Å². The molecule has 1 nitrogen and oxygen atoms in total. The molecule has 1 aromatic rings. The van der Waals surface area contributed by atoms with Crippen LogP contribution in [0.3, 0.4) is 0 Å². The Hall–Kier alpha value is -0.0213. The summed E-state index contributed by atoms with van der Waals surface area (Å²) in [5, 5.41) is 0. The van der Waals surface area contributed by atoms with Gasteiger partial charge in [-0.05, 0) is 0 Å². The van der Waals surface area contributed by atoms with Gasteiger partial charge in [-0.15, -0.1) is 0 Å². The number of aryl methyl sites for hydroxylation is 1. The number of rotatable bonds is 5. The van der Waals surface area contributed by atoms with Crippen molar-refractivity contribution in [3.63, 3.8) is 0 Å². The number of hydrogen-bond donors (Lipinski definition) is 1. The molecule has 2 heteroatoms. The Balaban J connectivity index is 2.72. The molecule has 78 valence electrons. The van der Waals surface area contributed by atoms with Gasteiger partial charge in [-0.3, -0.25) is 0 Å². The van der Waals surface area contributed by atoms with Gasteiger partial charge in [-0.1, -0.05) is 0 Å². The molecule has 0 amide bonds. The summed E-state index contributed by atoms with van der Waals surface area (Å²) in [5.74, 6) is 0. The molecular formula is C12H20OSn. The van der Waals surface area contributed by atoms with E-state index < -0.39 is 20.2 Å². The van der Waals surface area contributed by atoms with Crippen LogP contribution in [-0.2, 0) is 6.42 Å². The van der Waals surface area contributed by atoms with Crippen LogP contribution in [0.5, 0.6) is 0 Å². The van der Waals surface area contributed by atoms with Gasteiger partial charge in [0.15, 0.2) is 0 Å². The molecule has 0 aliphatic rings. The molecule has 0 spiro atoms. The van der Waals surface area contributed by atoms with Gasteiger partial charge < -0.3 is 0 Å². The minimum atomic E-state index is -2.33. The van der Waals surface area contributed by atoms with E-state index in [9.17, 15) is 3.44 Å². The Morgan fingerprint density at radius 2 is 1.93 bits per heavy atom. The molecule has 0 aliphatic heterocycles. The molecule has 0 radical (unpaired) electrons. The predicted octanol–water partition coefficient (Wildman–Crippen LogP) is 1.97. The van der Waals surface area contributed by atoms with Gasteiger partial charge in [0.05, 0.1) is 0 Å². The second-order valence-electron chi connectivity index (χ2n) is 3.71. The predicted molar refractivity (Wildman–Crippen MR) is 64.5 cm³/mol. The third kappa shape index (κ3) is 3.28. The van der Waals surface area contributed by atoms with Crippen LogP contribution in [0.4, 0.5) is 0 Å². The van der Waals surface area contributed by atoms with Crippen molar-refractivity contribution in [3.05, 3.63) is 29.8 Å². The fraction of sp³-hybridized carbons (Fsp3) is 0.500. The van der Waals surface area contributed by atoms with Crippen LogP contribution >= 0.6 is 0 Å². The first-order valence-corrected chi connectivity index (χ1v) is 11.0. The monoisotopic (exact) mass is 300 g/mol. The third-order valence-corrected chi connectivity index (χ3v) is 9.01. The van der Waals surface area contributed by atoms with Crippen LogP contribution in [-0.4, -0.2) is 23.6 Å². The standard InChI is InChI=1S/C8H9.C4H9.H2O.Sn.H/c1-2-8-6-4-3-5-7-8;1-3-4-2;;;/h3-6H,2H2,1H3;1,3-4H2,2H3;1H2;;/q;;;+1;/p-1. The van der Waals surface area contributed by atoms with Gasteiger partial charge in [-0.25, -0.2) is 0 Å². The van der Waals surface area contributed by atoms with Crippen molar-refractivity contribution < 1.29 is 3.44 Å². The molecule has 0 saturated heterocycles. The molecule has 1 N–H and O–H groups in total. The van der Waals surface area contributed by atoms with E-state index in [4.69, 9.17) is 0 Å². The van der Waals surface area contributed by atoms with Crippen molar-refractivity contribution in [2.24, 2.45) is 0 Å². The molecule has 0 fully saturated rings. The zero-order valence-corrected chi connectivity index (χ0v) is 12.5. The molecule has 0 aromatic heterocycles. The summed E-state index contributed by atoms with van der Waals surface area (Å²) in [6, 6.07) is 8.41. The third-order valence-electron chi connectivity index (χ3n) is 2.63. The van der Waals surface area contributed by atoms with E-state index in [1.54, 1.807) is 0 Å². The van der Waals surface area contributed by atoms with Crippen LogP contribution < -0.4 is 3.58 Å². The van der Waals surface area contributed by atoms with Crippen molar-refractivity contribution in [2.45, 2.75) is 37.5 Å². The quantitative estimate of drug-likeness (QED) is 0.824. The molecule has 1 atom stereocenters. The van der Waals surface area contributed by atoms with Gasteiger partial charge in [0.1, 0.15) is 0 Å². The maximum atomic E-state index is 10.2. The van der Waals surface area contributed by atoms with Crippen LogP contribution in [0.15, 0.2) is 24.3 Å². The summed E-state index contributed by atoms with van der Waals surface area (Å²) in [4.78, 5) is 0. The van der Waals surface area contributed by atoms with Gasteiger partial charge in [0, 0.05) is 0 Å². The van der Waals surface area contributed by atoms with Gasteiger partial charge in [-0.2, -0.15) is 0 Å². The van der Waals surface area contributed by atoms with Crippen LogP contribution in [0, 0.1) is 0 Å². The SMILES string of the molecule is CCC[CH2][SnH]([OH])[c]1ccccc1CC. The van der Waals surface area contributed by atoms with Crippen molar-refractivity contribution in [3.8, 4) is 0 Å². The second kappa shape index (κ2) is 6.46. The molecule has 0 heterocycles. The van der Waals surface area contributed by atoms with E-state index in [0.717, 1.165) is 10.9 Å². The maximum absolute atomic E-state index is 10.2. The van der Waals surface area contributed by atoms with Gasteiger partial charge >= 0.3 is 94.6 Å². The Kier molecular flexibility index (Phi) is 5.56. The van der Waals surface area contributed by atoms with Crippen molar-refractivity contribution >= 4 is 23.8 Å². The molecule has 0 saturated carbocycles. The number of unbranched alkanes of at least 4 members (excludes halogenated alkanes) is 1. The van der Waals surface area contributed by atoms with Crippen LogP contribution in [0.25, 0.3) is 0 Å². The van der Waals surface area contributed by atoms with E-state index in [-0.39, 0.29) is 0 Å². The first kappa shape index (κ1) is 12.1. The number of hydrogen-bond acceptors (Lipinski definition) is 1. The van der Waals surface area contributed by atoms with E-state index in [1.165, 1.54) is 22.0 Å². The fourth-order valence-electron chi connectivity index (χ4n) is 1.73. The molecule has 1 aromatic carbocycles. The van der Waals surface area contributed by atoms with E-state index in [2.05, 4.69) is 38.1 Å². The Morgan fingerprint density at radius 1 is 1.21 bits per heavy atom. The van der Waals surface area contributed by atoms with Crippen molar-refractivity contribution in [1.82, 2.24) is 0 Å².